The van der Waals surface area contributed by atoms with Crippen LogP contribution in [0.5, 0.6) is 5.75 Å². The maximum atomic E-state index is 13.0. The van der Waals surface area contributed by atoms with Crippen LogP contribution < -0.4 is 10.1 Å². The van der Waals surface area contributed by atoms with E-state index in [1.807, 2.05) is 102 Å². The highest BCUT2D eigenvalue weighted by Gasteiger charge is 2.17. The molecular formula is C26H23N5O2. The van der Waals surface area contributed by atoms with E-state index in [-0.39, 0.29) is 5.91 Å². The number of anilines is 1. The number of fused-ring (bicyclic) bond motifs is 1. The molecule has 164 valence electrons. The molecular weight excluding hydrogens is 414 g/mol. The first-order chi connectivity index (χ1) is 16.1. The fourth-order valence-electron chi connectivity index (χ4n) is 3.91. The number of aryl methyl sites for hydroxylation is 1. The van der Waals surface area contributed by atoms with Gasteiger partial charge in [-0.15, -0.1) is 0 Å². The van der Waals surface area contributed by atoms with Crippen LogP contribution >= 0.6 is 0 Å². The van der Waals surface area contributed by atoms with Gasteiger partial charge >= 0.3 is 0 Å². The molecule has 1 N–H and O–H groups in total. The Balaban J connectivity index is 1.30. The van der Waals surface area contributed by atoms with Crippen LogP contribution in [-0.2, 0) is 6.61 Å². The molecule has 5 rings (SSSR count). The minimum Gasteiger partial charge on any atom is -0.487 e. The van der Waals surface area contributed by atoms with Crippen molar-refractivity contribution in [3.05, 3.63) is 108 Å². The fraction of sp³-hybridized carbons (Fsp3) is 0.115. The van der Waals surface area contributed by atoms with Crippen LogP contribution in [0.3, 0.4) is 0 Å². The topological polar surface area (TPSA) is 73.4 Å². The lowest BCUT2D eigenvalue weighted by Crippen LogP contribution is -2.13. The first-order valence-corrected chi connectivity index (χ1v) is 10.7. The van der Waals surface area contributed by atoms with E-state index in [0.29, 0.717) is 23.6 Å². The highest BCUT2D eigenvalue weighted by atomic mass is 16.5. The van der Waals surface area contributed by atoms with E-state index in [0.717, 1.165) is 28.5 Å². The molecule has 0 radical (unpaired) electrons. The number of nitrogens with one attached hydrogen (secondary N) is 1. The third kappa shape index (κ3) is 4.21. The van der Waals surface area contributed by atoms with Crippen molar-refractivity contribution in [1.29, 1.82) is 0 Å². The number of imidazole rings is 1. The van der Waals surface area contributed by atoms with Crippen molar-refractivity contribution in [2.24, 2.45) is 0 Å². The van der Waals surface area contributed by atoms with Crippen molar-refractivity contribution in [2.75, 3.05) is 5.32 Å². The van der Waals surface area contributed by atoms with Crippen LogP contribution in [0.25, 0.3) is 11.5 Å². The highest BCUT2D eigenvalue weighted by Crippen LogP contribution is 2.23. The Kier molecular flexibility index (Phi) is 5.36. The lowest BCUT2D eigenvalue weighted by molar-refractivity contribution is 0.102. The Hall–Kier alpha value is -4.39. The Labute approximate surface area is 191 Å². The van der Waals surface area contributed by atoms with Crippen molar-refractivity contribution in [3.63, 3.8) is 0 Å². The van der Waals surface area contributed by atoms with Gasteiger partial charge in [-0.25, -0.2) is 9.97 Å². The zero-order valence-electron chi connectivity index (χ0n) is 18.4. The second kappa shape index (κ2) is 8.63. The van der Waals surface area contributed by atoms with Crippen molar-refractivity contribution in [2.45, 2.75) is 20.5 Å². The summed E-state index contributed by atoms with van der Waals surface area (Å²) in [5.74, 6) is 1.26. The lowest BCUT2D eigenvalue weighted by atomic mass is 10.2. The van der Waals surface area contributed by atoms with E-state index >= 15 is 0 Å². The molecule has 0 aliphatic carbocycles. The molecule has 1 aromatic carbocycles. The summed E-state index contributed by atoms with van der Waals surface area (Å²) in [7, 11) is 0. The molecule has 5 aromatic rings. The quantitative estimate of drug-likeness (QED) is 0.407. The van der Waals surface area contributed by atoms with Crippen molar-refractivity contribution in [3.8, 4) is 11.6 Å². The van der Waals surface area contributed by atoms with E-state index in [2.05, 4.69) is 15.3 Å². The largest absolute Gasteiger partial charge is 0.487 e. The van der Waals surface area contributed by atoms with Crippen molar-refractivity contribution in [1.82, 2.24) is 18.9 Å². The maximum Gasteiger partial charge on any atom is 0.257 e. The second-order valence-corrected chi connectivity index (χ2v) is 7.78. The van der Waals surface area contributed by atoms with Gasteiger partial charge in [-0.05, 0) is 56.3 Å². The molecule has 0 spiro atoms. The number of hydrogen-bond acceptors (Lipinski definition) is 4. The molecule has 1 amide bonds. The fourth-order valence-corrected chi connectivity index (χ4v) is 3.91. The second-order valence-electron chi connectivity index (χ2n) is 7.78. The van der Waals surface area contributed by atoms with Gasteiger partial charge in [-0.1, -0.05) is 18.2 Å². The van der Waals surface area contributed by atoms with Crippen molar-refractivity contribution >= 4 is 17.2 Å². The molecule has 0 fully saturated rings. The molecule has 7 heteroatoms. The molecule has 0 bridgehead atoms. The van der Waals surface area contributed by atoms with E-state index in [4.69, 9.17) is 4.74 Å². The van der Waals surface area contributed by atoms with Gasteiger partial charge in [-0.3, -0.25) is 4.79 Å². The van der Waals surface area contributed by atoms with E-state index in [1.165, 1.54) is 0 Å². The Morgan fingerprint density at radius 2 is 1.91 bits per heavy atom. The zero-order valence-corrected chi connectivity index (χ0v) is 18.4. The van der Waals surface area contributed by atoms with Gasteiger partial charge in [0.05, 0.1) is 11.3 Å². The molecule has 0 atom stereocenters. The Morgan fingerprint density at radius 3 is 2.73 bits per heavy atom. The van der Waals surface area contributed by atoms with Gasteiger partial charge in [0.2, 0.25) is 0 Å². The number of carbonyl (C=O) groups excluding carboxylic acids is 1. The van der Waals surface area contributed by atoms with Gasteiger partial charge in [0.25, 0.3) is 5.91 Å². The van der Waals surface area contributed by atoms with Crippen LogP contribution in [0.4, 0.5) is 5.69 Å². The summed E-state index contributed by atoms with van der Waals surface area (Å²) in [6.45, 7) is 4.22. The summed E-state index contributed by atoms with van der Waals surface area (Å²) in [5.41, 5.74) is 4.76. The predicted molar refractivity (Wildman–Crippen MR) is 127 cm³/mol. The van der Waals surface area contributed by atoms with Gasteiger partial charge in [0, 0.05) is 41.7 Å². The van der Waals surface area contributed by atoms with E-state index in [9.17, 15) is 4.79 Å². The number of carbonyl (C=O) groups is 1. The summed E-state index contributed by atoms with van der Waals surface area (Å²) in [5, 5.41) is 2.98. The molecule has 0 saturated carbocycles. The number of benzene rings is 1. The normalized spacial score (nSPS) is 11.0. The smallest absolute Gasteiger partial charge is 0.257 e. The summed E-state index contributed by atoms with van der Waals surface area (Å²) in [4.78, 5) is 22.0. The summed E-state index contributed by atoms with van der Waals surface area (Å²) in [6.07, 6.45) is 5.64. The van der Waals surface area contributed by atoms with Crippen LogP contribution in [0.2, 0.25) is 0 Å². The molecule has 33 heavy (non-hydrogen) atoms. The highest BCUT2D eigenvalue weighted by molar-refractivity contribution is 6.05. The number of pyridine rings is 2. The van der Waals surface area contributed by atoms with Gasteiger partial charge in [0.1, 0.15) is 23.8 Å². The number of hydrogen-bond donors (Lipinski definition) is 1. The number of rotatable bonds is 6. The summed E-state index contributed by atoms with van der Waals surface area (Å²) < 4.78 is 9.85. The molecule has 0 unspecified atom stereocenters. The van der Waals surface area contributed by atoms with Crippen LogP contribution in [0, 0.1) is 13.8 Å². The third-order valence-electron chi connectivity index (χ3n) is 5.45. The molecule has 4 aromatic heterocycles. The zero-order chi connectivity index (χ0) is 22.8. The molecule has 0 aliphatic rings. The van der Waals surface area contributed by atoms with Crippen LogP contribution in [0.15, 0.2) is 85.3 Å². The van der Waals surface area contributed by atoms with Crippen LogP contribution in [-0.4, -0.2) is 24.8 Å². The summed E-state index contributed by atoms with van der Waals surface area (Å²) in [6, 6.07) is 20.8. The average molecular weight is 438 g/mol. The van der Waals surface area contributed by atoms with Crippen molar-refractivity contribution < 1.29 is 9.53 Å². The average Bonchev–Trinajstić information content (AvgIpc) is 3.38. The monoisotopic (exact) mass is 437 g/mol. The first-order valence-electron chi connectivity index (χ1n) is 10.7. The van der Waals surface area contributed by atoms with Gasteiger partial charge < -0.3 is 19.0 Å². The summed E-state index contributed by atoms with van der Waals surface area (Å²) >= 11 is 0. The predicted octanol–water partition coefficient (Wildman–Crippen LogP) is 4.97. The number of aromatic nitrogens is 4. The standard InChI is InChI=1S/C26H23N5O2/c1-18-14-23(19(2)31(18)24-10-3-5-12-27-24)26(32)29-20-8-7-9-22(15-20)33-17-21-16-30-13-6-4-11-25(30)28-21/h3-16H,17H2,1-2H3,(H,29,32). The Bertz CT molecular complexity index is 1400. The molecule has 4 heterocycles. The first kappa shape index (κ1) is 20.5. The SMILES string of the molecule is Cc1cc(C(=O)Nc2cccc(OCc3cn4ccccc4n3)c2)c(C)n1-c1ccccn1. The number of ether oxygens (including phenoxy) is 1. The van der Waals surface area contributed by atoms with Gasteiger partial charge in [0.15, 0.2) is 0 Å². The molecule has 0 aliphatic heterocycles. The van der Waals surface area contributed by atoms with Crippen LogP contribution in [0.1, 0.15) is 27.4 Å². The molecule has 7 nitrogen and oxygen atoms in total. The third-order valence-corrected chi connectivity index (χ3v) is 5.45. The number of nitrogens with zero attached hydrogens (tertiary/aromatic N) is 4. The van der Waals surface area contributed by atoms with E-state index in [1.54, 1.807) is 6.20 Å². The maximum absolute atomic E-state index is 13.0. The van der Waals surface area contributed by atoms with E-state index < -0.39 is 0 Å². The minimum absolute atomic E-state index is 0.178. The number of amides is 1. The Morgan fingerprint density at radius 1 is 1.03 bits per heavy atom. The minimum atomic E-state index is -0.178. The lowest BCUT2D eigenvalue weighted by Gasteiger charge is -2.10. The molecule has 0 saturated heterocycles. The van der Waals surface area contributed by atoms with Gasteiger partial charge in [-0.2, -0.15) is 0 Å².